The third-order valence-electron chi connectivity index (χ3n) is 3.71. The number of carbonyl (C=O) groups excluding carboxylic acids is 1. The maximum absolute atomic E-state index is 12.3. The number of carbonyl (C=O) groups is 1. The SMILES string of the molecule is CCN(CC)C(=O)c1ccc(NCc2c(Cl)cccc2Cl)cc1. The number of rotatable bonds is 6. The van der Waals surface area contributed by atoms with E-state index in [9.17, 15) is 4.79 Å². The van der Waals surface area contributed by atoms with Crippen molar-refractivity contribution in [3.05, 3.63) is 63.6 Å². The molecule has 0 unspecified atom stereocenters. The molecule has 2 rings (SSSR count). The van der Waals surface area contributed by atoms with Gasteiger partial charge < -0.3 is 10.2 Å². The average Bonchev–Trinajstić information content (AvgIpc) is 2.56. The predicted octanol–water partition coefficient (Wildman–Crippen LogP) is 5.09. The van der Waals surface area contributed by atoms with E-state index < -0.39 is 0 Å². The number of nitrogens with zero attached hydrogens (tertiary/aromatic N) is 1. The van der Waals surface area contributed by atoms with Crippen LogP contribution in [0.4, 0.5) is 5.69 Å². The molecule has 0 saturated carbocycles. The first-order valence-electron chi connectivity index (χ1n) is 7.62. The summed E-state index contributed by atoms with van der Waals surface area (Å²) in [5.41, 5.74) is 2.46. The van der Waals surface area contributed by atoms with E-state index in [4.69, 9.17) is 23.2 Å². The zero-order chi connectivity index (χ0) is 16.8. The van der Waals surface area contributed by atoms with E-state index in [0.29, 0.717) is 35.2 Å². The zero-order valence-electron chi connectivity index (χ0n) is 13.3. The molecule has 0 saturated heterocycles. The molecule has 0 spiro atoms. The Bertz CT molecular complexity index is 647. The molecule has 0 heterocycles. The quantitative estimate of drug-likeness (QED) is 0.786. The molecule has 3 nitrogen and oxygen atoms in total. The Morgan fingerprint density at radius 3 is 2.09 bits per heavy atom. The molecule has 0 aliphatic heterocycles. The summed E-state index contributed by atoms with van der Waals surface area (Å²) in [6.45, 7) is 5.90. The fourth-order valence-corrected chi connectivity index (χ4v) is 2.85. The van der Waals surface area contributed by atoms with Crippen molar-refractivity contribution >= 4 is 34.8 Å². The Kier molecular flexibility index (Phi) is 6.31. The summed E-state index contributed by atoms with van der Waals surface area (Å²) >= 11 is 12.3. The molecule has 2 aromatic rings. The lowest BCUT2D eigenvalue weighted by atomic mass is 10.1. The first-order chi connectivity index (χ1) is 11.1. The molecule has 0 bridgehead atoms. The van der Waals surface area contributed by atoms with Crippen molar-refractivity contribution in [1.82, 2.24) is 4.90 Å². The molecule has 1 amide bonds. The van der Waals surface area contributed by atoms with Crippen LogP contribution >= 0.6 is 23.2 Å². The fraction of sp³-hybridized carbons (Fsp3) is 0.278. The second kappa shape index (κ2) is 8.23. The molecule has 122 valence electrons. The minimum atomic E-state index is 0.0516. The lowest BCUT2D eigenvalue weighted by Crippen LogP contribution is -2.30. The second-order valence-electron chi connectivity index (χ2n) is 5.11. The van der Waals surface area contributed by atoms with Gasteiger partial charge in [0, 0.05) is 46.5 Å². The molecule has 0 atom stereocenters. The standard InChI is InChI=1S/C18H20Cl2N2O/c1-3-22(4-2)18(23)13-8-10-14(11-9-13)21-12-15-16(19)6-5-7-17(15)20/h5-11,21H,3-4,12H2,1-2H3. The average molecular weight is 351 g/mol. The van der Waals surface area contributed by atoms with Gasteiger partial charge in [-0.05, 0) is 50.2 Å². The number of hydrogen-bond donors (Lipinski definition) is 1. The molecule has 0 aliphatic rings. The minimum absolute atomic E-state index is 0.0516. The second-order valence-corrected chi connectivity index (χ2v) is 5.92. The zero-order valence-corrected chi connectivity index (χ0v) is 14.8. The van der Waals surface area contributed by atoms with Crippen molar-refractivity contribution < 1.29 is 4.79 Å². The van der Waals surface area contributed by atoms with Gasteiger partial charge in [-0.2, -0.15) is 0 Å². The van der Waals surface area contributed by atoms with Gasteiger partial charge in [-0.1, -0.05) is 29.3 Å². The van der Waals surface area contributed by atoms with E-state index in [0.717, 1.165) is 11.3 Å². The van der Waals surface area contributed by atoms with Gasteiger partial charge in [0.1, 0.15) is 0 Å². The van der Waals surface area contributed by atoms with E-state index in [1.165, 1.54) is 0 Å². The molecule has 0 radical (unpaired) electrons. The van der Waals surface area contributed by atoms with Gasteiger partial charge >= 0.3 is 0 Å². The van der Waals surface area contributed by atoms with Crippen molar-refractivity contribution in [2.45, 2.75) is 20.4 Å². The van der Waals surface area contributed by atoms with Gasteiger partial charge in [0.2, 0.25) is 0 Å². The highest BCUT2D eigenvalue weighted by Gasteiger charge is 2.12. The summed E-state index contributed by atoms with van der Waals surface area (Å²) in [5.74, 6) is 0.0516. The van der Waals surface area contributed by atoms with Crippen molar-refractivity contribution in [2.24, 2.45) is 0 Å². The normalized spacial score (nSPS) is 10.4. The number of benzene rings is 2. The van der Waals surface area contributed by atoms with Crippen LogP contribution in [0.25, 0.3) is 0 Å². The van der Waals surface area contributed by atoms with Gasteiger partial charge in [0.05, 0.1) is 0 Å². The van der Waals surface area contributed by atoms with E-state index in [1.807, 2.05) is 56.3 Å². The third-order valence-corrected chi connectivity index (χ3v) is 4.42. The first kappa shape index (κ1) is 17.6. The van der Waals surface area contributed by atoms with Gasteiger partial charge in [0.15, 0.2) is 0 Å². The number of anilines is 1. The molecule has 2 aromatic carbocycles. The Hall–Kier alpha value is -1.71. The third kappa shape index (κ3) is 4.40. The van der Waals surface area contributed by atoms with Gasteiger partial charge in [-0.25, -0.2) is 0 Å². The number of halogens is 2. The largest absolute Gasteiger partial charge is 0.381 e. The van der Waals surface area contributed by atoms with Gasteiger partial charge in [-0.15, -0.1) is 0 Å². The molecule has 1 N–H and O–H groups in total. The predicted molar refractivity (Wildman–Crippen MR) is 97.5 cm³/mol. The molecule has 0 aliphatic carbocycles. The molecular weight excluding hydrogens is 331 g/mol. The Morgan fingerprint density at radius 1 is 1.00 bits per heavy atom. The van der Waals surface area contributed by atoms with Crippen LogP contribution in [0.1, 0.15) is 29.8 Å². The number of nitrogens with one attached hydrogen (secondary N) is 1. The maximum Gasteiger partial charge on any atom is 0.253 e. The highest BCUT2D eigenvalue weighted by Crippen LogP contribution is 2.25. The Labute approximate surface area is 147 Å². The van der Waals surface area contributed by atoms with Gasteiger partial charge in [-0.3, -0.25) is 4.79 Å². The van der Waals surface area contributed by atoms with Crippen LogP contribution in [0.2, 0.25) is 10.0 Å². The van der Waals surface area contributed by atoms with Crippen LogP contribution in [0.5, 0.6) is 0 Å². The summed E-state index contributed by atoms with van der Waals surface area (Å²) < 4.78 is 0. The summed E-state index contributed by atoms with van der Waals surface area (Å²) in [7, 11) is 0. The van der Waals surface area contributed by atoms with E-state index in [1.54, 1.807) is 4.90 Å². The van der Waals surface area contributed by atoms with Crippen LogP contribution in [0.15, 0.2) is 42.5 Å². The highest BCUT2D eigenvalue weighted by molar-refractivity contribution is 6.36. The van der Waals surface area contributed by atoms with Crippen LogP contribution in [0.3, 0.4) is 0 Å². The molecular formula is C18H20Cl2N2O. The summed E-state index contributed by atoms with van der Waals surface area (Å²) in [6.07, 6.45) is 0. The van der Waals surface area contributed by atoms with Crippen LogP contribution in [-0.4, -0.2) is 23.9 Å². The monoisotopic (exact) mass is 350 g/mol. The highest BCUT2D eigenvalue weighted by atomic mass is 35.5. The summed E-state index contributed by atoms with van der Waals surface area (Å²) in [6, 6.07) is 12.9. The van der Waals surface area contributed by atoms with Crippen LogP contribution in [0, 0.1) is 0 Å². The fourth-order valence-electron chi connectivity index (χ4n) is 2.32. The Balaban J connectivity index is 2.04. The van der Waals surface area contributed by atoms with Crippen molar-refractivity contribution in [3.8, 4) is 0 Å². The van der Waals surface area contributed by atoms with Crippen molar-refractivity contribution in [2.75, 3.05) is 18.4 Å². The lowest BCUT2D eigenvalue weighted by molar-refractivity contribution is 0.0773. The molecule has 23 heavy (non-hydrogen) atoms. The van der Waals surface area contributed by atoms with Crippen LogP contribution < -0.4 is 5.32 Å². The molecule has 0 fully saturated rings. The van der Waals surface area contributed by atoms with Crippen molar-refractivity contribution in [1.29, 1.82) is 0 Å². The van der Waals surface area contributed by atoms with E-state index >= 15 is 0 Å². The van der Waals surface area contributed by atoms with Crippen LogP contribution in [-0.2, 0) is 6.54 Å². The van der Waals surface area contributed by atoms with E-state index in [-0.39, 0.29) is 5.91 Å². The van der Waals surface area contributed by atoms with E-state index in [2.05, 4.69) is 5.32 Å². The lowest BCUT2D eigenvalue weighted by Gasteiger charge is -2.18. The van der Waals surface area contributed by atoms with Gasteiger partial charge in [0.25, 0.3) is 5.91 Å². The Morgan fingerprint density at radius 2 is 1.57 bits per heavy atom. The summed E-state index contributed by atoms with van der Waals surface area (Å²) in [5, 5.41) is 4.55. The minimum Gasteiger partial charge on any atom is -0.381 e. The topological polar surface area (TPSA) is 32.3 Å². The maximum atomic E-state index is 12.3. The number of hydrogen-bond acceptors (Lipinski definition) is 2. The molecule has 5 heteroatoms. The molecule has 0 aromatic heterocycles. The number of amides is 1. The smallest absolute Gasteiger partial charge is 0.253 e. The van der Waals surface area contributed by atoms with Crippen molar-refractivity contribution in [3.63, 3.8) is 0 Å². The first-order valence-corrected chi connectivity index (χ1v) is 8.38. The summed E-state index contributed by atoms with van der Waals surface area (Å²) in [4.78, 5) is 14.1.